The van der Waals surface area contributed by atoms with Crippen molar-refractivity contribution in [3.05, 3.63) is 34.9 Å². The molecule has 1 atom stereocenters. The Bertz CT molecular complexity index is 441. The van der Waals surface area contributed by atoms with Crippen LogP contribution in [0.2, 0.25) is 0 Å². The molecule has 16 heavy (non-hydrogen) atoms. The third-order valence-corrected chi connectivity index (χ3v) is 3.02. The summed E-state index contributed by atoms with van der Waals surface area (Å²) in [4.78, 5) is 22.6. The van der Waals surface area contributed by atoms with Crippen molar-refractivity contribution in [3.8, 4) is 0 Å². The van der Waals surface area contributed by atoms with Crippen LogP contribution in [0.5, 0.6) is 0 Å². The second-order valence-electron chi connectivity index (χ2n) is 3.87. The molecule has 1 saturated heterocycles. The Morgan fingerprint density at radius 1 is 1.38 bits per heavy atom. The highest BCUT2D eigenvalue weighted by atomic mass is 32.1. The summed E-state index contributed by atoms with van der Waals surface area (Å²) in [5.74, 6) is -1.02. The van der Waals surface area contributed by atoms with Gasteiger partial charge in [-0.1, -0.05) is 23.8 Å². The molecule has 1 unspecified atom stereocenters. The zero-order valence-electron chi connectivity index (χ0n) is 8.90. The van der Waals surface area contributed by atoms with Crippen LogP contribution in [0.25, 0.3) is 0 Å². The average Bonchev–Trinajstić information content (AvgIpc) is 2.39. The Balaban J connectivity index is 2.35. The lowest BCUT2D eigenvalue weighted by Gasteiger charge is -2.14. The zero-order chi connectivity index (χ0) is 11.7. The molecule has 0 bridgehead atoms. The topological polar surface area (TPSA) is 43.4 Å². The number of carbonyl (C=O) groups excluding carboxylic acids is 2. The minimum atomic E-state index is -0.538. The highest BCUT2D eigenvalue weighted by Gasteiger charge is 2.28. The van der Waals surface area contributed by atoms with Crippen molar-refractivity contribution < 1.29 is 14.3 Å². The van der Waals surface area contributed by atoms with E-state index in [0.717, 1.165) is 11.1 Å². The van der Waals surface area contributed by atoms with E-state index in [2.05, 4.69) is 17.4 Å². The van der Waals surface area contributed by atoms with Crippen molar-refractivity contribution in [2.75, 3.05) is 0 Å². The van der Waals surface area contributed by atoms with Crippen molar-refractivity contribution in [1.82, 2.24) is 0 Å². The van der Waals surface area contributed by atoms with Crippen LogP contribution in [0, 0.1) is 0 Å². The number of esters is 2. The summed E-state index contributed by atoms with van der Waals surface area (Å²) in [7, 11) is 0. The smallest absolute Gasteiger partial charge is 0.345 e. The minimum Gasteiger partial charge on any atom is -0.389 e. The van der Waals surface area contributed by atoms with Crippen molar-refractivity contribution in [2.45, 2.75) is 25.0 Å². The molecule has 1 heterocycles. The van der Waals surface area contributed by atoms with Crippen LogP contribution in [0.3, 0.4) is 0 Å². The average molecular weight is 236 g/mol. The van der Waals surface area contributed by atoms with Crippen LogP contribution >= 0.6 is 12.6 Å². The van der Waals surface area contributed by atoms with E-state index in [0.29, 0.717) is 12.0 Å². The molecule has 2 rings (SSSR count). The fourth-order valence-electron chi connectivity index (χ4n) is 1.74. The number of fused-ring (bicyclic) bond motifs is 1. The van der Waals surface area contributed by atoms with Gasteiger partial charge in [0.2, 0.25) is 0 Å². The molecular weight excluding hydrogens is 224 g/mol. The predicted octanol–water partition coefficient (Wildman–Crippen LogP) is 1.96. The number of allylic oxidation sites excluding steroid dienone is 3. The van der Waals surface area contributed by atoms with Crippen molar-refractivity contribution >= 4 is 24.6 Å². The number of rotatable bonds is 1. The summed E-state index contributed by atoms with van der Waals surface area (Å²) in [6.45, 7) is 1.98. The molecule has 0 saturated carbocycles. The van der Waals surface area contributed by atoms with Crippen LogP contribution in [-0.2, 0) is 14.3 Å². The van der Waals surface area contributed by atoms with Crippen LogP contribution in [0.1, 0.15) is 19.8 Å². The van der Waals surface area contributed by atoms with E-state index in [1.54, 1.807) is 0 Å². The van der Waals surface area contributed by atoms with Gasteiger partial charge in [-0.25, -0.2) is 4.79 Å². The monoisotopic (exact) mass is 236 g/mol. The van der Waals surface area contributed by atoms with Gasteiger partial charge in [0.1, 0.15) is 0 Å². The first-order valence-electron chi connectivity index (χ1n) is 5.11. The number of thiol groups is 1. The van der Waals surface area contributed by atoms with Gasteiger partial charge in [0, 0.05) is 5.25 Å². The van der Waals surface area contributed by atoms with Gasteiger partial charge >= 0.3 is 11.9 Å². The van der Waals surface area contributed by atoms with E-state index in [-0.39, 0.29) is 11.7 Å². The lowest BCUT2D eigenvalue weighted by atomic mass is 10.0. The van der Waals surface area contributed by atoms with Crippen LogP contribution in [-0.4, -0.2) is 17.2 Å². The van der Waals surface area contributed by atoms with Gasteiger partial charge in [-0.05, 0) is 18.9 Å². The van der Waals surface area contributed by atoms with Crippen LogP contribution < -0.4 is 0 Å². The maximum atomic E-state index is 11.5. The molecule has 84 valence electrons. The number of carbonyl (C=O) groups is 2. The number of hydrogen-bond acceptors (Lipinski definition) is 4. The largest absolute Gasteiger partial charge is 0.389 e. The van der Waals surface area contributed by atoms with Gasteiger partial charge in [0.15, 0.2) is 0 Å². The van der Waals surface area contributed by atoms with Crippen LogP contribution in [0.15, 0.2) is 34.9 Å². The molecule has 3 nitrogen and oxygen atoms in total. The quantitative estimate of drug-likeness (QED) is 0.430. The Hall–Kier alpha value is -1.29. The van der Waals surface area contributed by atoms with Gasteiger partial charge in [-0.3, -0.25) is 4.79 Å². The van der Waals surface area contributed by atoms with E-state index in [9.17, 15) is 9.59 Å². The van der Waals surface area contributed by atoms with E-state index in [4.69, 9.17) is 0 Å². The van der Waals surface area contributed by atoms with Gasteiger partial charge in [0.05, 0.1) is 12.0 Å². The molecular formula is C12H12O3S. The summed E-state index contributed by atoms with van der Waals surface area (Å²) >= 11 is 4.35. The van der Waals surface area contributed by atoms with Crippen molar-refractivity contribution in [3.63, 3.8) is 0 Å². The molecule has 0 spiro atoms. The molecule has 0 amide bonds. The first kappa shape index (κ1) is 11.2. The lowest BCUT2D eigenvalue weighted by Crippen LogP contribution is -2.22. The highest BCUT2D eigenvalue weighted by Crippen LogP contribution is 2.28. The van der Waals surface area contributed by atoms with Gasteiger partial charge in [-0.2, -0.15) is 12.6 Å². The molecule has 0 aromatic heterocycles. The highest BCUT2D eigenvalue weighted by molar-refractivity contribution is 7.81. The van der Waals surface area contributed by atoms with Gasteiger partial charge < -0.3 is 4.74 Å². The molecule has 1 aliphatic heterocycles. The standard InChI is InChI=1S/C12H12O3S/c1-7(16)8-2-3-9-6-11(13)15-12(14)10(9)5-4-8/h2-3,5,7,16H,4,6H2,1H3. The number of hydrogen-bond donors (Lipinski definition) is 1. The first-order chi connectivity index (χ1) is 7.58. The van der Waals surface area contributed by atoms with Crippen molar-refractivity contribution in [1.29, 1.82) is 0 Å². The maximum absolute atomic E-state index is 11.5. The second kappa shape index (κ2) is 4.29. The molecule has 0 radical (unpaired) electrons. The SMILES string of the molecule is CC(S)C1=CC=C2CC(=O)OC(=O)C2=CC1. The maximum Gasteiger partial charge on any atom is 0.345 e. The number of ether oxygens (including phenoxy) is 1. The summed E-state index contributed by atoms with van der Waals surface area (Å²) in [5, 5.41) is 0.139. The molecule has 0 N–H and O–H groups in total. The molecule has 2 aliphatic rings. The normalized spacial score (nSPS) is 22.2. The minimum absolute atomic E-state index is 0.139. The molecule has 1 fully saturated rings. The fraction of sp³-hybridized carbons (Fsp3) is 0.333. The van der Waals surface area contributed by atoms with E-state index in [1.807, 2.05) is 25.2 Å². The van der Waals surface area contributed by atoms with Gasteiger partial charge in [0.25, 0.3) is 0 Å². The Morgan fingerprint density at radius 2 is 2.12 bits per heavy atom. The number of cyclic esters (lactones) is 2. The first-order valence-corrected chi connectivity index (χ1v) is 5.63. The fourth-order valence-corrected chi connectivity index (χ4v) is 1.94. The van der Waals surface area contributed by atoms with Crippen LogP contribution in [0.4, 0.5) is 0 Å². The second-order valence-corrected chi connectivity index (χ2v) is 4.64. The lowest BCUT2D eigenvalue weighted by molar-refractivity contribution is -0.157. The molecule has 4 heteroatoms. The molecule has 0 aromatic carbocycles. The third kappa shape index (κ3) is 2.11. The summed E-state index contributed by atoms with van der Waals surface area (Å²) in [5.41, 5.74) is 2.38. The summed E-state index contributed by atoms with van der Waals surface area (Å²) < 4.78 is 4.58. The Labute approximate surface area is 99.3 Å². The van der Waals surface area contributed by atoms with E-state index < -0.39 is 11.9 Å². The van der Waals surface area contributed by atoms with Gasteiger partial charge in [-0.15, -0.1) is 0 Å². The summed E-state index contributed by atoms with van der Waals surface area (Å²) in [6, 6.07) is 0. The Kier molecular flexibility index (Phi) is 3.01. The predicted molar refractivity (Wildman–Crippen MR) is 63.0 cm³/mol. The van der Waals surface area contributed by atoms with E-state index in [1.165, 1.54) is 0 Å². The van der Waals surface area contributed by atoms with E-state index >= 15 is 0 Å². The third-order valence-electron chi connectivity index (χ3n) is 2.68. The summed E-state index contributed by atoms with van der Waals surface area (Å²) in [6.07, 6.45) is 6.40. The molecule has 0 aromatic rings. The Morgan fingerprint density at radius 3 is 2.81 bits per heavy atom. The molecule has 1 aliphatic carbocycles. The van der Waals surface area contributed by atoms with Crippen molar-refractivity contribution in [2.24, 2.45) is 0 Å². The zero-order valence-corrected chi connectivity index (χ0v) is 9.79.